The van der Waals surface area contributed by atoms with Crippen molar-refractivity contribution < 1.29 is 19.1 Å². The van der Waals surface area contributed by atoms with Gasteiger partial charge < -0.3 is 9.47 Å². The van der Waals surface area contributed by atoms with E-state index in [9.17, 15) is 9.59 Å². The van der Waals surface area contributed by atoms with Gasteiger partial charge in [0.05, 0.1) is 6.61 Å². The number of hydrogen-bond donors (Lipinski definition) is 0. The zero-order valence-electron chi connectivity index (χ0n) is 23.8. The molecule has 1 heterocycles. The summed E-state index contributed by atoms with van der Waals surface area (Å²) in [6, 6.07) is 8.24. The van der Waals surface area contributed by atoms with E-state index in [0.29, 0.717) is 17.3 Å². The normalized spacial score (nSPS) is 24.8. The number of alkyl halides is 1. The summed E-state index contributed by atoms with van der Waals surface area (Å²) in [5.74, 6) is -0.147. The van der Waals surface area contributed by atoms with Gasteiger partial charge in [0.25, 0.3) is 0 Å². The standard InChI is InChI=1S/C31H45Cl2NO4/c1-7-13-22(15-12-17-32)29-27(23-14-11-16-24(33)18-23)21-31(5,20-26(35)19-28(36)38-10-4)30(37-6)34(29)25(8-2)9-3/h11-16,18,25,27,29-30H,7-10,17,19-21H2,1-6H3/b15-12-,22-13+/t27-,29-,30?,31+/m1/s1. The molecule has 1 unspecified atom stereocenters. The fourth-order valence-corrected chi connectivity index (χ4v) is 6.44. The highest BCUT2D eigenvalue weighted by Gasteiger charge is 2.53. The van der Waals surface area contributed by atoms with E-state index >= 15 is 0 Å². The molecular weight excluding hydrogens is 521 g/mol. The Morgan fingerprint density at radius 3 is 2.47 bits per heavy atom. The number of ether oxygens (including phenoxy) is 2. The molecule has 0 amide bonds. The molecule has 0 bridgehead atoms. The third kappa shape index (κ3) is 8.17. The van der Waals surface area contributed by atoms with E-state index in [1.165, 1.54) is 5.57 Å². The number of methoxy groups -OCH3 is 1. The van der Waals surface area contributed by atoms with Gasteiger partial charge in [0.1, 0.15) is 18.4 Å². The molecule has 1 fully saturated rings. The fourth-order valence-electron chi connectivity index (χ4n) is 6.15. The molecule has 0 radical (unpaired) electrons. The molecule has 1 aliphatic heterocycles. The van der Waals surface area contributed by atoms with Gasteiger partial charge in [-0.3, -0.25) is 14.5 Å². The maximum atomic E-state index is 13.2. The van der Waals surface area contributed by atoms with Crippen LogP contribution >= 0.6 is 23.2 Å². The fraction of sp³-hybridized carbons (Fsp3) is 0.613. The van der Waals surface area contributed by atoms with Crippen LogP contribution in [0.4, 0.5) is 0 Å². The van der Waals surface area contributed by atoms with Crippen LogP contribution in [0.2, 0.25) is 5.02 Å². The lowest BCUT2D eigenvalue weighted by atomic mass is 9.65. The summed E-state index contributed by atoms with van der Waals surface area (Å²) in [5, 5.41) is 0.682. The van der Waals surface area contributed by atoms with Crippen LogP contribution in [0.25, 0.3) is 0 Å². The van der Waals surface area contributed by atoms with Crippen LogP contribution in [0, 0.1) is 5.41 Å². The van der Waals surface area contributed by atoms with Gasteiger partial charge in [0.2, 0.25) is 0 Å². The van der Waals surface area contributed by atoms with Gasteiger partial charge in [-0.15, -0.1) is 11.6 Å². The van der Waals surface area contributed by atoms with Crippen molar-refractivity contribution in [2.45, 2.75) is 97.4 Å². The largest absolute Gasteiger partial charge is 0.466 e. The number of carbonyl (C=O) groups is 2. The highest BCUT2D eigenvalue weighted by atomic mass is 35.5. The molecule has 0 N–H and O–H groups in total. The first-order chi connectivity index (χ1) is 18.2. The first-order valence-electron chi connectivity index (χ1n) is 13.8. The van der Waals surface area contributed by atoms with E-state index in [1.54, 1.807) is 14.0 Å². The number of carbonyl (C=O) groups excluding carboxylic acids is 2. The Hall–Kier alpha value is -1.66. The number of halogens is 2. The Kier molecular flexibility index (Phi) is 13.5. The van der Waals surface area contributed by atoms with Crippen molar-refractivity contribution in [3.05, 3.63) is 58.7 Å². The monoisotopic (exact) mass is 565 g/mol. The van der Waals surface area contributed by atoms with Crippen LogP contribution < -0.4 is 0 Å². The molecule has 0 aliphatic carbocycles. The molecule has 1 saturated heterocycles. The van der Waals surface area contributed by atoms with E-state index in [4.69, 9.17) is 32.7 Å². The molecule has 38 heavy (non-hydrogen) atoms. The lowest BCUT2D eigenvalue weighted by molar-refractivity contribution is -0.179. The van der Waals surface area contributed by atoms with Crippen LogP contribution in [-0.2, 0) is 19.1 Å². The van der Waals surface area contributed by atoms with E-state index in [2.05, 4.69) is 50.8 Å². The minimum atomic E-state index is -0.544. The second-order valence-corrected chi connectivity index (χ2v) is 11.1. The highest BCUT2D eigenvalue weighted by Crippen LogP contribution is 2.51. The maximum absolute atomic E-state index is 13.2. The van der Waals surface area contributed by atoms with Crippen molar-refractivity contribution in [1.29, 1.82) is 0 Å². The summed E-state index contributed by atoms with van der Waals surface area (Å²) in [6.45, 7) is 10.6. The van der Waals surface area contributed by atoms with Crippen molar-refractivity contribution in [2.24, 2.45) is 5.41 Å². The number of likely N-dealkylation sites (tertiary alicyclic amines) is 1. The van der Waals surface area contributed by atoms with E-state index in [0.717, 1.165) is 24.8 Å². The van der Waals surface area contributed by atoms with E-state index in [-0.39, 0.29) is 49.5 Å². The predicted octanol–water partition coefficient (Wildman–Crippen LogP) is 7.71. The minimum absolute atomic E-state index is 0.00373. The van der Waals surface area contributed by atoms with Crippen molar-refractivity contribution >= 4 is 35.0 Å². The molecule has 1 aromatic carbocycles. The number of nitrogens with zero attached hydrogens (tertiary/aromatic N) is 1. The molecule has 2 rings (SSSR count). The second kappa shape index (κ2) is 15.8. The molecule has 0 spiro atoms. The lowest BCUT2D eigenvalue weighted by Crippen LogP contribution is -2.63. The Bertz CT molecular complexity index is 974. The zero-order chi connectivity index (χ0) is 28.3. The van der Waals surface area contributed by atoms with Crippen molar-refractivity contribution in [1.82, 2.24) is 4.90 Å². The van der Waals surface area contributed by atoms with Crippen LogP contribution in [0.1, 0.15) is 84.6 Å². The summed E-state index contributed by atoms with van der Waals surface area (Å²) in [6.07, 6.45) is 9.48. The van der Waals surface area contributed by atoms with Gasteiger partial charge in [-0.2, -0.15) is 0 Å². The molecular formula is C31H45Cl2NO4. The predicted molar refractivity (Wildman–Crippen MR) is 157 cm³/mol. The number of hydrogen-bond acceptors (Lipinski definition) is 5. The molecule has 5 nitrogen and oxygen atoms in total. The number of piperidine rings is 1. The van der Waals surface area contributed by atoms with E-state index < -0.39 is 11.4 Å². The zero-order valence-corrected chi connectivity index (χ0v) is 25.4. The second-order valence-electron chi connectivity index (χ2n) is 10.3. The average molecular weight is 567 g/mol. The van der Waals surface area contributed by atoms with Gasteiger partial charge in [-0.05, 0) is 55.9 Å². The number of allylic oxidation sites excluding steroid dienone is 2. The third-order valence-electron chi connectivity index (χ3n) is 7.55. The van der Waals surface area contributed by atoms with Crippen LogP contribution in [0.5, 0.6) is 0 Å². The Balaban J connectivity index is 2.73. The summed E-state index contributed by atoms with van der Waals surface area (Å²) in [5.41, 5.74) is 1.77. The third-order valence-corrected chi connectivity index (χ3v) is 7.96. The molecule has 1 aliphatic rings. The van der Waals surface area contributed by atoms with Crippen LogP contribution in [0.15, 0.2) is 48.1 Å². The van der Waals surface area contributed by atoms with Crippen molar-refractivity contribution in [2.75, 3.05) is 19.6 Å². The van der Waals surface area contributed by atoms with Gasteiger partial charge in [-0.25, -0.2) is 0 Å². The molecule has 1 aromatic rings. The van der Waals surface area contributed by atoms with Crippen LogP contribution in [-0.4, -0.2) is 54.6 Å². The number of Topliss-reactive ketones (excluding diaryl/α,β-unsaturated/α-hetero) is 1. The molecule has 0 aromatic heterocycles. The lowest BCUT2D eigenvalue weighted by Gasteiger charge is -2.57. The quantitative estimate of drug-likeness (QED) is 0.0999. The van der Waals surface area contributed by atoms with Gasteiger partial charge >= 0.3 is 5.97 Å². The number of esters is 1. The maximum Gasteiger partial charge on any atom is 0.313 e. The smallest absolute Gasteiger partial charge is 0.313 e. The average Bonchev–Trinajstić information content (AvgIpc) is 2.87. The molecule has 212 valence electrons. The molecule has 7 heteroatoms. The molecule has 0 saturated carbocycles. The summed E-state index contributed by atoms with van der Waals surface area (Å²) >= 11 is 12.6. The Labute approximate surface area is 239 Å². The number of rotatable bonds is 14. The summed E-state index contributed by atoms with van der Waals surface area (Å²) in [7, 11) is 1.72. The van der Waals surface area contributed by atoms with Crippen molar-refractivity contribution in [3.8, 4) is 0 Å². The highest BCUT2D eigenvalue weighted by molar-refractivity contribution is 6.30. The van der Waals surface area contributed by atoms with Gasteiger partial charge in [-0.1, -0.05) is 69.7 Å². The first kappa shape index (κ1) is 32.6. The van der Waals surface area contributed by atoms with E-state index in [1.807, 2.05) is 24.3 Å². The summed E-state index contributed by atoms with van der Waals surface area (Å²) < 4.78 is 11.3. The number of ketones is 1. The van der Waals surface area contributed by atoms with Gasteiger partial charge in [0.15, 0.2) is 0 Å². The molecule has 4 atom stereocenters. The minimum Gasteiger partial charge on any atom is -0.466 e. The van der Waals surface area contributed by atoms with Crippen LogP contribution in [0.3, 0.4) is 0 Å². The summed E-state index contributed by atoms with van der Waals surface area (Å²) in [4.78, 5) is 27.8. The Morgan fingerprint density at radius 2 is 1.92 bits per heavy atom. The van der Waals surface area contributed by atoms with Gasteiger partial charge in [0, 0.05) is 47.8 Å². The van der Waals surface area contributed by atoms with Crippen molar-refractivity contribution in [3.63, 3.8) is 0 Å². The topological polar surface area (TPSA) is 55.8 Å². The SMILES string of the molecule is CC/C=C(\C=C/CCl)[C@@H]1[C@@H](c2cccc(Cl)c2)C[C@](C)(CC(=O)CC(=O)OCC)C(OC)N1C(CC)CC. The Morgan fingerprint density at radius 1 is 1.21 bits per heavy atom. The number of benzene rings is 1. The first-order valence-corrected chi connectivity index (χ1v) is 14.8.